The molecule has 0 bridgehead atoms. The first-order valence-corrected chi connectivity index (χ1v) is 6.54. The standard InChI is InChI=1S/C15H23NO4/c1-15(2,7-8-17)10-16-14(18)12-6-5-11(19-3)9-13(12)20-4/h5-6,9,17H,7-8,10H2,1-4H3,(H,16,18). The van der Waals surface area contributed by atoms with Gasteiger partial charge in [-0.05, 0) is 24.0 Å². The summed E-state index contributed by atoms with van der Waals surface area (Å²) in [6.07, 6.45) is 0.632. The van der Waals surface area contributed by atoms with Gasteiger partial charge < -0.3 is 19.9 Å². The molecule has 0 heterocycles. The molecule has 112 valence electrons. The predicted octanol–water partition coefficient (Wildman–Crippen LogP) is 1.84. The van der Waals surface area contributed by atoms with Crippen LogP contribution in [-0.4, -0.2) is 38.4 Å². The molecule has 0 fully saturated rings. The third-order valence-corrected chi connectivity index (χ3v) is 3.17. The fourth-order valence-corrected chi connectivity index (χ4v) is 1.79. The van der Waals surface area contributed by atoms with Crippen molar-refractivity contribution in [3.8, 4) is 11.5 Å². The van der Waals surface area contributed by atoms with Crippen LogP contribution in [0.25, 0.3) is 0 Å². The Kier molecular flexibility index (Phi) is 5.82. The van der Waals surface area contributed by atoms with Gasteiger partial charge in [0.25, 0.3) is 5.91 Å². The fraction of sp³-hybridized carbons (Fsp3) is 0.533. The van der Waals surface area contributed by atoms with Gasteiger partial charge in [-0.3, -0.25) is 4.79 Å². The number of aliphatic hydroxyl groups excluding tert-OH is 1. The minimum absolute atomic E-state index is 0.106. The number of rotatable bonds is 7. The average molecular weight is 281 g/mol. The van der Waals surface area contributed by atoms with E-state index in [2.05, 4.69) is 5.32 Å². The summed E-state index contributed by atoms with van der Waals surface area (Å²) in [5.74, 6) is 0.913. The Labute approximate surface area is 119 Å². The number of nitrogens with one attached hydrogen (secondary N) is 1. The molecule has 0 aliphatic rings. The van der Waals surface area contributed by atoms with Gasteiger partial charge in [0.2, 0.25) is 0 Å². The van der Waals surface area contributed by atoms with E-state index in [1.54, 1.807) is 25.3 Å². The Morgan fingerprint density at radius 1 is 1.30 bits per heavy atom. The van der Waals surface area contributed by atoms with E-state index >= 15 is 0 Å². The van der Waals surface area contributed by atoms with Gasteiger partial charge in [-0.1, -0.05) is 13.8 Å². The number of hydrogen-bond acceptors (Lipinski definition) is 4. The number of amides is 1. The second kappa shape index (κ2) is 7.14. The van der Waals surface area contributed by atoms with Crippen molar-refractivity contribution in [2.75, 3.05) is 27.4 Å². The summed E-state index contributed by atoms with van der Waals surface area (Å²) in [6, 6.07) is 5.07. The number of benzene rings is 1. The molecule has 1 aromatic carbocycles. The first kappa shape index (κ1) is 16.3. The van der Waals surface area contributed by atoms with E-state index in [-0.39, 0.29) is 17.9 Å². The molecule has 1 amide bonds. The molecule has 0 radical (unpaired) electrons. The second-order valence-corrected chi connectivity index (χ2v) is 5.39. The third-order valence-electron chi connectivity index (χ3n) is 3.17. The number of hydrogen-bond donors (Lipinski definition) is 2. The highest BCUT2D eigenvalue weighted by Crippen LogP contribution is 2.25. The molecule has 0 aromatic heterocycles. The van der Waals surface area contributed by atoms with Crippen molar-refractivity contribution in [3.63, 3.8) is 0 Å². The van der Waals surface area contributed by atoms with Gasteiger partial charge in [0.05, 0.1) is 19.8 Å². The van der Waals surface area contributed by atoms with Crippen molar-refractivity contribution in [1.82, 2.24) is 5.32 Å². The monoisotopic (exact) mass is 281 g/mol. The van der Waals surface area contributed by atoms with Crippen LogP contribution in [-0.2, 0) is 0 Å². The average Bonchev–Trinajstić information content (AvgIpc) is 2.44. The summed E-state index contributed by atoms with van der Waals surface area (Å²) in [6.45, 7) is 4.58. The van der Waals surface area contributed by atoms with E-state index in [9.17, 15) is 4.79 Å². The fourth-order valence-electron chi connectivity index (χ4n) is 1.79. The predicted molar refractivity (Wildman–Crippen MR) is 77.4 cm³/mol. The lowest BCUT2D eigenvalue weighted by molar-refractivity contribution is 0.0925. The third kappa shape index (κ3) is 4.42. The Morgan fingerprint density at radius 3 is 2.55 bits per heavy atom. The van der Waals surface area contributed by atoms with Gasteiger partial charge in [-0.2, -0.15) is 0 Å². The summed E-state index contributed by atoms with van der Waals surface area (Å²) in [7, 11) is 3.08. The van der Waals surface area contributed by atoms with Crippen molar-refractivity contribution < 1.29 is 19.4 Å². The molecule has 0 saturated heterocycles. The Morgan fingerprint density at radius 2 is 2.00 bits per heavy atom. The topological polar surface area (TPSA) is 67.8 Å². The Bertz CT molecular complexity index is 457. The van der Waals surface area contributed by atoms with Crippen molar-refractivity contribution in [2.24, 2.45) is 5.41 Å². The van der Waals surface area contributed by atoms with Crippen molar-refractivity contribution in [2.45, 2.75) is 20.3 Å². The lowest BCUT2D eigenvalue weighted by atomic mass is 9.89. The highest BCUT2D eigenvalue weighted by Gasteiger charge is 2.20. The van der Waals surface area contributed by atoms with Crippen LogP contribution < -0.4 is 14.8 Å². The number of aliphatic hydroxyl groups is 1. The zero-order valence-corrected chi connectivity index (χ0v) is 12.5. The maximum Gasteiger partial charge on any atom is 0.255 e. The molecule has 1 rings (SSSR count). The Balaban J connectivity index is 2.77. The van der Waals surface area contributed by atoms with Crippen LogP contribution in [0.5, 0.6) is 11.5 Å². The SMILES string of the molecule is COc1ccc(C(=O)NCC(C)(C)CCO)c(OC)c1. The molecule has 0 spiro atoms. The van der Waals surface area contributed by atoms with Crippen molar-refractivity contribution in [3.05, 3.63) is 23.8 Å². The lowest BCUT2D eigenvalue weighted by Crippen LogP contribution is -2.34. The molecule has 0 saturated carbocycles. The first-order chi connectivity index (χ1) is 9.43. The van der Waals surface area contributed by atoms with Gasteiger partial charge in [-0.15, -0.1) is 0 Å². The summed E-state index contributed by atoms with van der Waals surface area (Å²) in [5.41, 5.74) is 0.317. The van der Waals surface area contributed by atoms with Crippen LogP contribution in [0.2, 0.25) is 0 Å². The molecule has 0 aliphatic heterocycles. The van der Waals surface area contributed by atoms with E-state index in [1.807, 2.05) is 13.8 Å². The van der Waals surface area contributed by atoms with Crippen LogP contribution >= 0.6 is 0 Å². The quantitative estimate of drug-likeness (QED) is 0.800. The van der Waals surface area contributed by atoms with E-state index in [1.165, 1.54) is 7.11 Å². The number of carbonyl (C=O) groups excluding carboxylic acids is 1. The summed E-state index contributed by atoms with van der Waals surface area (Å²) < 4.78 is 10.3. The lowest BCUT2D eigenvalue weighted by Gasteiger charge is -2.24. The van der Waals surface area contributed by atoms with E-state index in [0.717, 1.165) is 0 Å². The van der Waals surface area contributed by atoms with Crippen LogP contribution in [0.4, 0.5) is 0 Å². The van der Waals surface area contributed by atoms with Crippen molar-refractivity contribution in [1.29, 1.82) is 0 Å². The molecule has 0 aliphatic carbocycles. The Hall–Kier alpha value is -1.75. The van der Waals surface area contributed by atoms with Gasteiger partial charge in [0.15, 0.2) is 0 Å². The van der Waals surface area contributed by atoms with Gasteiger partial charge in [0.1, 0.15) is 11.5 Å². The van der Waals surface area contributed by atoms with Crippen LogP contribution in [0.15, 0.2) is 18.2 Å². The van der Waals surface area contributed by atoms with Gasteiger partial charge in [0, 0.05) is 19.2 Å². The number of carbonyl (C=O) groups is 1. The smallest absolute Gasteiger partial charge is 0.255 e. The van der Waals surface area contributed by atoms with Gasteiger partial charge >= 0.3 is 0 Å². The van der Waals surface area contributed by atoms with E-state index in [0.29, 0.717) is 30.0 Å². The van der Waals surface area contributed by atoms with Crippen LogP contribution in [0.3, 0.4) is 0 Å². The minimum Gasteiger partial charge on any atom is -0.497 e. The molecule has 1 aromatic rings. The highest BCUT2D eigenvalue weighted by atomic mass is 16.5. The molecular weight excluding hydrogens is 258 g/mol. The first-order valence-electron chi connectivity index (χ1n) is 6.54. The minimum atomic E-state index is -0.199. The zero-order chi connectivity index (χ0) is 15.2. The largest absolute Gasteiger partial charge is 0.497 e. The zero-order valence-electron chi connectivity index (χ0n) is 12.5. The molecule has 5 nitrogen and oxygen atoms in total. The number of ether oxygens (including phenoxy) is 2. The van der Waals surface area contributed by atoms with Crippen LogP contribution in [0.1, 0.15) is 30.6 Å². The molecule has 0 unspecified atom stereocenters. The molecule has 20 heavy (non-hydrogen) atoms. The summed E-state index contributed by atoms with van der Waals surface area (Å²) in [5, 5.41) is 11.8. The highest BCUT2D eigenvalue weighted by molar-refractivity contribution is 5.97. The second-order valence-electron chi connectivity index (χ2n) is 5.39. The van der Waals surface area contributed by atoms with E-state index < -0.39 is 0 Å². The summed E-state index contributed by atoms with van der Waals surface area (Å²) >= 11 is 0. The molecular formula is C15H23NO4. The maximum absolute atomic E-state index is 12.2. The summed E-state index contributed by atoms with van der Waals surface area (Å²) in [4.78, 5) is 12.2. The van der Waals surface area contributed by atoms with E-state index in [4.69, 9.17) is 14.6 Å². The van der Waals surface area contributed by atoms with Crippen molar-refractivity contribution >= 4 is 5.91 Å². The maximum atomic E-state index is 12.2. The molecule has 0 atom stereocenters. The number of methoxy groups -OCH3 is 2. The van der Waals surface area contributed by atoms with Crippen LogP contribution in [0, 0.1) is 5.41 Å². The normalized spacial score (nSPS) is 11.1. The molecule has 5 heteroatoms. The molecule has 2 N–H and O–H groups in total. The van der Waals surface area contributed by atoms with Gasteiger partial charge in [-0.25, -0.2) is 0 Å².